The minimum atomic E-state index is 0.723. The topological polar surface area (TPSA) is 0 Å². The van der Waals surface area contributed by atoms with E-state index in [1.807, 2.05) is 0 Å². The normalized spacial score (nSPS) is 50.1. The second-order valence-electron chi connectivity index (χ2n) is 6.59. The van der Waals surface area contributed by atoms with Crippen LogP contribution in [-0.4, -0.2) is 0 Å². The van der Waals surface area contributed by atoms with Gasteiger partial charge >= 0.3 is 0 Å². The maximum absolute atomic E-state index is 2.47. The lowest BCUT2D eigenvalue weighted by Gasteiger charge is -2.58. The van der Waals surface area contributed by atoms with Gasteiger partial charge in [0.2, 0.25) is 0 Å². The van der Waals surface area contributed by atoms with Crippen molar-refractivity contribution >= 4 is 0 Å². The van der Waals surface area contributed by atoms with Crippen LogP contribution in [0.2, 0.25) is 0 Å². The molecular formula is C15H24. The number of hydrogen-bond donors (Lipinski definition) is 0. The van der Waals surface area contributed by atoms with E-state index >= 15 is 0 Å². The molecule has 0 spiro atoms. The van der Waals surface area contributed by atoms with Crippen molar-refractivity contribution in [3.8, 4) is 0 Å². The van der Waals surface area contributed by atoms with Crippen molar-refractivity contribution in [1.29, 1.82) is 0 Å². The largest absolute Gasteiger partial charge is 0.0914 e. The first-order chi connectivity index (χ1) is 7.22. The Labute approximate surface area is 94.1 Å². The minimum absolute atomic E-state index is 0.723. The van der Waals surface area contributed by atoms with Crippen molar-refractivity contribution in [2.24, 2.45) is 29.1 Å². The van der Waals surface area contributed by atoms with Gasteiger partial charge in [0, 0.05) is 0 Å². The average Bonchev–Trinajstić information content (AvgIpc) is 2.15. The van der Waals surface area contributed by atoms with Crippen molar-refractivity contribution < 1.29 is 0 Å². The van der Waals surface area contributed by atoms with Gasteiger partial charge in [0.25, 0.3) is 0 Å². The summed E-state index contributed by atoms with van der Waals surface area (Å²) < 4.78 is 0. The summed E-state index contributed by atoms with van der Waals surface area (Å²) in [6.07, 6.45) is 14.1. The van der Waals surface area contributed by atoms with E-state index in [1.165, 1.54) is 0 Å². The van der Waals surface area contributed by atoms with Gasteiger partial charge in [-0.1, -0.05) is 19.1 Å². The zero-order valence-electron chi connectivity index (χ0n) is 10.2. The lowest BCUT2D eigenvalue weighted by Crippen LogP contribution is -2.48. The van der Waals surface area contributed by atoms with E-state index in [1.54, 1.807) is 38.5 Å². The average molecular weight is 204 g/mol. The molecule has 0 saturated heterocycles. The fourth-order valence-electron chi connectivity index (χ4n) is 5.23. The van der Waals surface area contributed by atoms with Crippen LogP contribution in [-0.2, 0) is 0 Å². The van der Waals surface area contributed by atoms with Crippen LogP contribution in [0.5, 0.6) is 0 Å². The second kappa shape index (κ2) is 3.37. The Kier molecular flexibility index (Phi) is 2.23. The number of rotatable bonds is 2. The summed E-state index contributed by atoms with van der Waals surface area (Å²) in [5.74, 6) is 4.13. The Morgan fingerprint density at radius 3 is 1.87 bits per heavy atom. The summed E-state index contributed by atoms with van der Waals surface area (Å²) in [5.41, 5.74) is 0.723. The Hall–Kier alpha value is -0.260. The van der Waals surface area contributed by atoms with E-state index in [0.717, 1.165) is 29.1 Å². The van der Waals surface area contributed by atoms with E-state index in [9.17, 15) is 0 Å². The lowest BCUT2D eigenvalue weighted by atomic mass is 9.46. The highest BCUT2D eigenvalue weighted by atomic mass is 14.6. The van der Waals surface area contributed by atoms with Crippen LogP contribution in [0, 0.1) is 29.1 Å². The highest BCUT2D eigenvalue weighted by Gasteiger charge is 2.52. The van der Waals surface area contributed by atoms with Crippen LogP contribution in [0.1, 0.15) is 52.4 Å². The third kappa shape index (κ3) is 1.48. The molecule has 0 aromatic rings. The van der Waals surface area contributed by atoms with Crippen LogP contribution in [0.25, 0.3) is 0 Å². The predicted molar refractivity (Wildman–Crippen MR) is 64.6 cm³/mol. The molecule has 15 heavy (non-hydrogen) atoms. The van der Waals surface area contributed by atoms with Crippen molar-refractivity contribution in [1.82, 2.24) is 0 Å². The van der Waals surface area contributed by atoms with Gasteiger partial charge in [0.15, 0.2) is 0 Å². The molecule has 84 valence electrons. The first-order valence-corrected chi connectivity index (χ1v) is 6.84. The van der Waals surface area contributed by atoms with Crippen molar-refractivity contribution in [3.63, 3.8) is 0 Å². The third-order valence-electron chi connectivity index (χ3n) is 5.53. The molecule has 0 nitrogen and oxygen atoms in total. The molecule has 0 aliphatic heterocycles. The van der Waals surface area contributed by atoms with Gasteiger partial charge in [0.1, 0.15) is 0 Å². The summed E-state index contributed by atoms with van der Waals surface area (Å²) in [4.78, 5) is 0. The molecule has 0 aromatic heterocycles. The van der Waals surface area contributed by atoms with Crippen LogP contribution < -0.4 is 0 Å². The molecule has 0 radical (unpaired) electrons. The van der Waals surface area contributed by atoms with Gasteiger partial charge in [0.05, 0.1) is 0 Å². The number of allylic oxidation sites excluding steroid dienone is 2. The molecule has 0 unspecified atom stereocenters. The predicted octanol–water partition coefficient (Wildman–Crippen LogP) is 4.42. The quantitative estimate of drug-likeness (QED) is 0.584. The van der Waals surface area contributed by atoms with Crippen molar-refractivity contribution in [2.45, 2.75) is 52.4 Å². The smallest absolute Gasteiger partial charge is 0.0205 e. The Balaban J connectivity index is 1.86. The van der Waals surface area contributed by atoms with Crippen LogP contribution in [0.4, 0.5) is 0 Å². The maximum Gasteiger partial charge on any atom is -0.0205 e. The molecule has 4 aliphatic carbocycles. The van der Waals surface area contributed by atoms with Crippen molar-refractivity contribution in [3.05, 3.63) is 12.2 Å². The Morgan fingerprint density at radius 2 is 1.47 bits per heavy atom. The van der Waals surface area contributed by atoms with Gasteiger partial charge in [-0.3, -0.25) is 0 Å². The monoisotopic (exact) mass is 204 g/mol. The molecule has 4 rings (SSSR count). The molecule has 1 atom stereocenters. The molecule has 0 heterocycles. The Bertz CT molecular complexity index is 238. The van der Waals surface area contributed by atoms with Gasteiger partial charge in [-0.05, 0) is 74.5 Å². The van der Waals surface area contributed by atoms with Crippen LogP contribution in [0.3, 0.4) is 0 Å². The first kappa shape index (κ1) is 9.93. The second-order valence-corrected chi connectivity index (χ2v) is 6.59. The van der Waals surface area contributed by atoms with E-state index in [2.05, 4.69) is 26.0 Å². The molecular weight excluding hydrogens is 180 g/mol. The molecule has 0 N–H and O–H groups in total. The number of hydrogen-bond acceptors (Lipinski definition) is 0. The van der Waals surface area contributed by atoms with E-state index in [0.29, 0.717) is 0 Å². The van der Waals surface area contributed by atoms with Gasteiger partial charge in [-0.2, -0.15) is 0 Å². The molecule has 4 fully saturated rings. The standard InChI is InChI=1S/C15H24/c1-3-4-11(2)15-8-12-5-13(9-15)7-14(6-12)10-15/h3-4,11-14H,5-10H2,1-2H3/b4-3+/t11-,12?,13?,14?,15?/m1/s1. The molecule has 4 bridgehead atoms. The fourth-order valence-corrected chi connectivity index (χ4v) is 5.23. The third-order valence-corrected chi connectivity index (χ3v) is 5.53. The summed E-state index contributed by atoms with van der Waals surface area (Å²) in [7, 11) is 0. The SMILES string of the molecule is C/C=C/[C@@H](C)C12CC3CC(CC(C3)C1)C2. The summed E-state index contributed by atoms with van der Waals surface area (Å²) in [6.45, 7) is 4.64. The van der Waals surface area contributed by atoms with Gasteiger partial charge in [-0.15, -0.1) is 0 Å². The van der Waals surface area contributed by atoms with Crippen molar-refractivity contribution in [2.75, 3.05) is 0 Å². The molecule has 4 aliphatic rings. The Morgan fingerprint density at radius 1 is 1.00 bits per heavy atom. The lowest BCUT2D eigenvalue weighted by molar-refractivity contribution is -0.0726. The van der Waals surface area contributed by atoms with Crippen LogP contribution in [0.15, 0.2) is 12.2 Å². The molecule has 4 saturated carbocycles. The summed E-state index contributed by atoms with van der Waals surface area (Å²) in [5, 5.41) is 0. The van der Waals surface area contributed by atoms with Crippen LogP contribution >= 0.6 is 0 Å². The molecule has 0 heteroatoms. The van der Waals surface area contributed by atoms with Gasteiger partial charge in [-0.25, -0.2) is 0 Å². The highest BCUT2D eigenvalue weighted by molar-refractivity contribution is 5.07. The van der Waals surface area contributed by atoms with E-state index < -0.39 is 0 Å². The molecule has 0 amide bonds. The molecule has 0 aromatic carbocycles. The zero-order valence-corrected chi connectivity index (χ0v) is 10.2. The maximum atomic E-state index is 2.47. The highest BCUT2D eigenvalue weighted by Crippen LogP contribution is 2.62. The minimum Gasteiger partial charge on any atom is -0.0914 e. The van der Waals surface area contributed by atoms with E-state index in [4.69, 9.17) is 0 Å². The summed E-state index contributed by atoms with van der Waals surface area (Å²) in [6, 6.07) is 0. The van der Waals surface area contributed by atoms with E-state index in [-0.39, 0.29) is 0 Å². The zero-order chi connectivity index (χ0) is 10.5. The first-order valence-electron chi connectivity index (χ1n) is 6.84. The van der Waals surface area contributed by atoms with Gasteiger partial charge < -0.3 is 0 Å². The fraction of sp³-hybridized carbons (Fsp3) is 0.867. The summed E-state index contributed by atoms with van der Waals surface area (Å²) >= 11 is 0.